The molecule has 1 N–H and O–H groups in total. The Labute approximate surface area is 103 Å². The van der Waals surface area contributed by atoms with E-state index in [0.717, 1.165) is 23.0 Å². The molecule has 3 nitrogen and oxygen atoms in total. The minimum Gasteiger partial charge on any atom is -0.390 e. The quantitative estimate of drug-likeness (QED) is 0.874. The van der Waals surface area contributed by atoms with Gasteiger partial charge in [0.05, 0.1) is 12.3 Å². The van der Waals surface area contributed by atoms with E-state index in [-0.39, 0.29) is 6.61 Å². The molecule has 0 saturated heterocycles. The van der Waals surface area contributed by atoms with Crippen molar-refractivity contribution in [2.45, 2.75) is 58.5 Å². The number of aryl methyl sites for hydroxylation is 1. The van der Waals surface area contributed by atoms with Crippen LogP contribution in [0.3, 0.4) is 0 Å². The van der Waals surface area contributed by atoms with E-state index < -0.39 is 0 Å². The second kappa shape index (κ2) is 5.58. The van der Waals surface area contributed by atoms with Gasteiger partial charge in [0.25, 0.3) is 0 Å². The Balaban J connectivity index is 2.08. The molecule has 1 aromatic rings. The van der Waals surface area contributed by atoms with Gasteiger partial charge in [-0.05, 0) is 44.1 Å². The summed E-state index contributed by atoms with van der Waals surface area (Å²) >= 11 is 0. The summed E-state index contributed by atoms with van der Waals surface area (Å²) in [6.45, 7) is 4.24. The number of aliphatic hydroxyl groups excluding tert-OH is 1. The van der Waals surface area contributed by atoms with Gasteiger partial charge in [0.1, 0.15) is 5.82 Å². The van der Waals surface area contributed by atoms with Crippen molar-refractivity contribution in [3.8, 4) is 0 Å². The lowest BCUT2D eigenvalue weighted by Crippen LogP contribution is -2.15. The van der Waals surface area contributed by atoms with Crippen molar-refractivity contribution in [2.75, 3.05) is 0 Å². The van der Waals surface area contributed by atoms with Crippen LogP contribution in [0.15, 0.2) is 6.20 Å². The normalized spacial score (nSPS) is 24.9. The van der Waals surface area contributed by atoms with E-state index in [0.29, 0.717) is 5.92 Å². The molecule has 0 atom stereocenters. The van der Waals surface area contributed by atoms with Gasteiger partial charge in [-0.25, -0.2) is 9.97 Å². The van der Waals surface area contributed by atoms with E-state index in [1.54, 1.807) is 0 Å². The molecule has 1 heterocycles. The Morgan fingerprint density at radius 3 is 2.59 bits per heavy atom. The first-order valence-electron chi connectivity index (χ1n) is 6.67. The van der Waals surface area contributed by atoms with Crippen LogP contribution in [0, 0.1) is 12.8 Å². The van der Waals surface area contributed by atoms with Gasteiger partial charge in [-0.2, -0.15) is 0 Å². The number of nitrogens with zero attached hydrogens (tertiary/aromatic N) is 2. The highest BCUT2D eigenvalue weighted by Crippen LogP contribution is 2.35. The van der Waals surface area contributed by atoms with Gasteiger partial charge in [0, 0.05) is 12.1 Å². The lowest BCUT2D eigenvalue weighted by Gasteiger charge is -2.27. The molecule has 0 unspecified atom stereocenters. The zero-order valence-corrected chi connectivity index (χ0v) is 10.8. The molecule has 17 heavy (non-hydrogen) atoms. The second-order valence-corrected chi connectivity index (χ2v) is 5.14. The van der Waals surface area contributed by atoms with Gasteiger partial charge < -0.3 is 5.11 Å². The topological polar surface area (TPSA) is 46.0 Å². The molecule has 1 saturated carbocycles. The van der Waals surface area contributed by atoms with Crippen molar-refractivity contribution < 1.29 is 5.11 Å². The fraction of sp³-hybridized carbons (Fsp3) is 0.714. The first-order valence-corrected chi connectivity index (χ1v) is 6.67. The lowest BCUT2D eigenvalue weighted by molar-refractivity contribution is 0.273. The minimum absolute atomic E-state index is 0.0195. The maximum absolute atomic E-state index is 9.23. The molecule has 1 aliphatic carbocycles. The van der Waals surface area contributed by atoms with Gasteiger partial charge in [-0.1, -0.05) is 13.3 Å². The monoisotopic (exact) mass is 234 g/mol. The highest BCUT2D eigenvalue weighted by atomic mass is 16.3. The molecule has 1 aliphatic rings. The molecule has 0 spiro atoms. The largest absolute Gasteiger partial charge is 0.390 e. The smallest absolute Gasteiger partial charge is 0.131 e. The number of hydrogen-bond donors (Lipinski definition) is 1. The number of hydrogen-bond acceptors (Lipinski definition) is 3. The molecular weight excluding hydrogens is 212 g/mol. The Kier molecular flexibility index (Phi) is 4.11. The number of rotatable bonds is 3. The summed E-state index contributed by atoms with van der Waals surface area (Å²) in [5.74, 6) is 2.34. The van der Waals surface area contributed by atoms with Crippen molar-refractivity contribution in [1.29, 1.82) is 0 Å². The molecule has 0 aliphatic heterocycles. The molecule has 0 amide bonds. The molecule has 1 aromatic heterocycles. The fourth-order valence-electron chi connectivity index (χ4n) is 2.68. The van der Waals surface area contributed by atoms with E-state index in [4.69, 9.17) is 0 Å². The van der Waals surface area contributed by atoms with Crippen LogP contribution in [0.2, 0.25) is 0 Å². The van der Waals surface area contributed by atoms with Crippen molar-refractivity contribution in [1.82, 2.24) is 9.97 Å². The maximum Gasteiger partial charge on any atom is 0.131 e. The Morgan fingerprint density at radius 1 is 1.29 bits per heavy atom. The maximum atomic E-state index is 9.23. The Bertz CT molecular complexity index is 370. The summed E-state index contributed by atoms with van der Waals surface area (Å²) in [7, 11) is 0. The van der Waals surface area contributed by atoms with Gasteiger partial charge >= 0.3 is 0 Å². The Hall–Kier alpha value is -0.960. The van der Waals surface area contributed by atoms with Crippen molar-refractivity contribution >= 4 is 0 Å². The fourth-order valence-corrected chi connectivity index (χ4v) is 2.68. The van der Waals surface area contributed by atoms with Gasteiger partial charge in [0.2, 0.25) is 0 Å². The first kappa shape index (κ1) is 12.5. The zero-order valence-electron chi connectivity index (χ0n) is 10.8. The highest BCUT2D eigenvalue weighted by molar-refractivity contribution is 5.16. The SMILES string of the molecule is CCC1CCC(c2ncc(C)c(CO)n2)CC1. The summed E-state index contributed by atoms with van der Waals surface area (Å²) in [6, 6.07) is 0. The van der Waals surface area contributed by atoms with E-state index in [1.807, 2.05) is 13.1 Å². The molecule has 0 aromatic carbocycles. The van der Waals surface area contributed by atoms with Gasteiger partial charge in [0.15, 0.2) is 0 Å². The van der Waals surface area contributed by atoms with Crippen molar-refractivity contribution in [2.24, 2.45) is 5.92 Å². The molecule has 0 bridgehead atoms. The van der Waals surface area contributed by atoms with Crippen molar-refractivity contribution in [3.63, 3.8) is 0 Å². The third-order valence-corrected chi connectivity index (χ3v) is 4.03. The van der Waals surface area contributed by atoms with Gasteiger partial charge in [-0.15, -0.1) is 0 Å². The first-order chi connectivity index (χ1) is 8.24. The van der Waals surface area contributed by atoms with Crippen LogP contribution in [0.25, 0.3) is 0 Å². The number of aliphatic hydroxyl groups is 1. The third-order valence-electron chi connectivity index (χ3n) is 4.03. The summed E-state index contributed by atoms with van der Waals surface area (Å²) in [4.78, 5) is 8.94. The molecular formula is C14H22N2O. The molecule has 2 rings (SSSR count). The standard InChI is InChI=1S/C14H22N2O/c1-3-11-4-6-12(7-5-11)14-15-8-10(2)13(9-17)16-14/h8,11-12,17H,3-7,9H2,1-2H3. The van der Waals surface area contributed by atoms with E-state index in [9.17, 15) is 5.11 Å². The van der Waals surface area contributed by atoms with Crippen LogP contribution >= 0.6 is 0 Å². The molecule has 3 heteroatoms. The molecule has 1 fully saturated rings. The zero-order chi connectivity index (χ0) is 12.3. The second-order valence-electron chi connectivity index (χ2n) is 5.14. The van der Waals surface area contributed by atoms with Gasteiger partial charge in [-0.3, -0.25) is 0 Å². The predicted molar refractivity (Wildman–Crippen MR) is 67.7 cm³/mol. The highest BCUT2D eigenvalue weighted by Gasteiger charge is 2.23. The third kappa shape index (κ3) is 2.83. The average molecular weight is 234 g/mol. The summed E-state index contributed by atoms with van der Waals surface area (Å²) in [6.07, 6.45) is 8.14. The van der Waals surface area contributed by atoms with Crippen LogP contribution in [0.5, 0.6) is 0 Å². The Morgan fingerprint density at radius 2 is 2.00 bits per heavy atom. The summed E-state index contributed by atoms with van der Waals surface area (Å²) < 4.78 is 0. The number of aromatic nitrogens is 2. The van der Waals surface area contributed by atoms with E-state index in [1.165, 1.54) is 32.1 Å². The van der Waals surface area contributed by atoms with Crippen molar-refractivity contribution in [3.05, 3.63) is 23.3 Å². The van der Waals surface area contributed by atoms with E-state index in [2.05, 4.69) is 16.9 Å². The van der Waals surface area contributed by atoms with Crippen LogP contribution in [0.1, 0.15) is 62.0 Å². The predicted octanol–water partition coefficient (Wildman–Crippen LogP) is 2.96. The van der Waals surface area contributed by atoms with Crippen LogP contribution in [-0.4, -0.2) is 15.1 Å². The van der Waals surface area contributed by atoms with Crippen LogP contribution < -0.4 is 0 Å². The lowest BCUT2D eigenvalue weighted by atomic mass is 9.80. The molecule has 94 valence electrons. The van der Waals surface area contributed by atoms with Crippen LogP contribution in [0.4, 0.5) is 0 Å². The van der Waals surface area contributed by atoms with Crippen LogP contribution in [-0.2, 0) is 6.61 Å². The summed E-state index contributed by atoms with van der Waals surface area (Å²) in [5.41, 5.74) is 1.77. The average Bonchev–Trinajstić information content (AvgIpc) is 2.39. The molecule has 0 radical (unpaired) electrons. The minimum atomic E-state index is 0.0195. The van der Waals surface area contributed by atoms with E-state index >= 15 is 0 Å². The summed E-state index contributed by atoms with van der Waals surface area (Å²) in [5, 5.41) is 9.23.